The van der Waals surface area contributed by atoms with E-state index in [9.17, 15) is 13.2 Å². The molecule has 5 nitrogen and oxygen atoms in total. The number of benzene rings is 1. The summed E-state index contributed by atoms with van der Waals surface area (Å²) >= 11 is 3.29. The Morgan fingerprint density at radius 1 is 1.17 bits per heavy atom. The van der Waals surface area contributed by atoms with E-state index in [0.717, 1.165) is 14.9 Å². The summed E-state index contributed by atoms with van der Waals surface area (Å²) in [5.41, 5.74) is 0.636. The van der Waals surface area contributed by atoms with Gasteiger partial charge in [-0.1, -0.05) is 19.9 Å². The molecule has 124 valence electrons. The van der Waals surface area contributed by atoms with Gasteiger partial charge in [-0.3, -0.25) is 4.79 Å². The third kappa shape index (κ3) is 5.00. The Hall–Kier alpha value is -0.970. The number of sulfonamides is 1. The molecular formula is C15H17IN2O3S2. The van der Waals surface area contributed by atoms with Gasteiger partial charge in [-0.05, 0) is 64.2 Å². The number of rotatable bonds is 6. The van der Waals surface area contributed by atoms with Crippen molar-refractivity contribution in [1.29, 1.82) is 0 Å². The van der Waals surface area contributed by atoms with Gasteiger partial charge in [-0.2, -0.15) is 4.72 Å². The minimum atomic E-state index is -3.70. The van der Waals surface area contributed by atoms with Crippen molar-refractivity contribution in [1.82, 2.24) is 4.72 Å². The fourth-order valence-corrected chi connectivity index (χ4v) is 4.60. The topological polar surface area (TPSA) is 75.3 Å². The molecule has 0 aliphatic rings. The van der Waals surface area contributed by atoms with Crippen LogP contribution in [0.3, 0.4) is 0 Å². The van der Waals surface area contributed by atoms with Gasteiger partial charge in [-0.15, -0.1) is 11.3 Å². The molecule has 1 amide bonds. The molecule has 1 atom stereocenters. The lowest BCUT2D eigenvalue weighted by Gasteiger charge is -2.21. The maximum absolute atomic E-state index is 12.4. The Morgan fingerprint density at radius 3 is 2.35 bits per heavy atom. The molecule has 0 aliphatic heterocycles. The van der Waals surface area contributed by atoms with Gasteiger partial charge < -0.3 is 5.32 Å². The van der Waals surface area contributed by atoms with E-state index in [0.29, 0.717) is 5.69 Å². The van der Waals surface area contributed by atoms with Gasteiger partial charge in [0.2, 0.25) is 5.91 Å². The molecule has 0 saturated heterocycles. The Bertz CT molecular complexity index is 757. The van der Waals surface area contributed by atoms with Crippen molar-refractivity contribution < 1.29 is 13.2 Å². The number of thiophene rings is 1. The molecule has 0 bridgehead atoms. The van der Waals surface area contributed by atoms with Crippen molar-refractivity contribution in [2.24, 2.45) is 5.92 Å². The fourth-order valence-electron chi connectivity index (χ4n) is 1.89. The van der Waals surface area contributed by atoms with Gasteiger partial charge in [0.1, 0.15) is 10.3 Å². The lowest BCUT2D eigenvalue weighted by atomic mass is 10.0. The van der Waals surface area contributed by atoms with Gasteiger partial charge >= 0.3 is 0 Å². The number of hydrogen-bond acceptors (Lipinski definition) is 4. The molecule has 1 heterocycles. The zero-order chi connectivity index (χ0) is 17.0. The highest BCUT2D eigenvalue weighted by molar-refractivity contribution is 14.1. The van der Waals surface area contributed by atoms with Crippen molar-refractivity contribution in [2.75, 3.05) is 5.32 Å². The van der Waals surface area contributed by atoms with Crippen LogP contribution in [0, 0.1) is 9.49 Å². The van der Waals surface area contributed by atoms with Crippen molar-refractivity contribution in [2.45, 2.75) is 24.1 Å². The van der Waals surface area contributed by atoms with E-state index in [1.165, 1.54) is 6.07 Å². The summed E-state index contributed by atoms with van der Waals surface area (Å²) in [6.07, 6.45) is 0. The van der Waals surface area contributed by atoms with E-state index in [4.69, 9.17) is 0 Å². The van der Waals surface area contributed by atoms with Gasteiger partial charge in [0.05, 0.1) is 0 Å². The average Bonchev–Trinajstić information content (AvgIpc) is 3.02. The second-order valence-corrected chi connectivity index (χ2v) is 9.41. The van der Waals surface area contributed by atoms with Crippen LogP contribution in [0.4, 0.5) is 5.69 Å². The summed E-state index contributed by atoms with van der Waals surface area (Å²) < 4.78 is 28.4. The van der Waals surface area contributed by atoms with E-state index >= 15 is 0 Å². The molecule has 0 saturated carbocycles. The molecule has 1 aromatic carbocycles. The van der Waals surface area contributed by atoms with Crippen molar-refractivity contribution in [3.63, 3.8) is 0 Å². The SMILES string of the molecule is CC(C)C(NS(=O)(=O)c1cccs1)C(=O)Nc1ccc(I)cc1. The number of carbonyl (C=O) groups excluding carboxylic acids is 1. The van der Waals surface area contributed by atoms with Crippen LogP contribution in [0.15, 0.2) is 46.0 Å². The summed E-state index contributed by atoms with van der Waals surface area (Å²) in [5.74, 6) is -0.560. The molecular weight excluding hydrogens is 447 g/mol. The summed E-state index contributed by atoms with van der Waals surface area (Å²) in [5, 5.41) is 4.44. The molecule has 1 aromatic heterocycles. The maximum atomic E-state index is 12.4. The first kappa shape index (κ1) is 18.4. The normalized spacial score (nSPS) is 13.0. The highest BCUT2D eigenvalue weighted by atomic mass is 127. The Kier molecular flexibility index (Phi) is 6.18. The Balaban J connectivity index is 2.15. The lowest BCUT2D eigenvalue weighted by molar-refractivity contribution is -0.118. The number of amides is 1. The Morgan fingerprint density at radius 2 is 1.83 bits per heavy atom. The summed E-state index contributed by atoms with van der Waals surface area (Å²) in [6.45, 7) is 3.60. The van der Waals surface area contributed by atoms with E-state index < -0.39 is 16.1 Å². The highest BCUT2D eigenvalue weighted by Gasteiger charge is 2.28. The smallest absolute Gasteiger partial charge is 0.250 e. The highest BCUT2D eigenvalue weighted by Crippen LogP contribution is 2.18. The molecule has 1 unspecified atom stereocenters. The molecule has 8 heteroatoms. The molecule has 0 aliphatic carbocycles. The zero-order valence-corrected chi connectivity index (χ0v) is 16.4. The quantitative estimate of drug-likeness (QED) is 0.645. The second-order valence-electron chi connectivity index (χ2n) is 5.27. The molecule has 2 aromatic rings. The fraction of sp³-hybridized carbons (Fsp3) is 0.267. The summed E-state index contributed by atoms with van der Waals surface area (Å²) in [7, 11) is -3.70. The van der Waals surface area contributed by atoms with Crippen LogP contribution in [0.2, 0.25) is 0 Å². The van der Waals surface area contributed by atoms with E-state index in [2.05, 4.69) is 32.6 Å². The minimum Gasteiger partial charge on any atom is -0.325 e. The number of hydrogen-bond donors (Lipinski definition) is 2. The standard InChI is InChI=1S/C15H17IN2O3S2/c1-10(2)14(18-23(20,21)13-4-3-9-22-13)15(19)17-12-7-5-11(16)6-8-12/h3-10,14,18H,1-2H3,(H,17,19). The molecule has 0 fully saturated rings. The van der Waals surface area contributed by atoms with Gasteiger partial charge in [0.15, 0.2) is 0 Å². The third-order valence-electron chi connectivity index (χ3n) is 3.10. The number of anilines is 1. The van der Waals surface area contributed by atoms with Crippen LogP contribution in [-0.4, -0.2) is 20.4 Å². The van der Waals surface area contributed by atoms with Crippen molar-refractivity contribution in [3.8, 4) is 0 Å². The van der Waals surface area contributed by atoms with Gasteiger partial charge in [0, 0.05) is 9.26 Å². The first-order valence-corrected chi connectivity index (χ1v) is 10.4. The number of carbonyl (C=O) groups is 1. The largest absolute Gasteiger partial charge is 0.325 e. The van der Waals surface area contributed by atoms with Gasteiger partial charge in [0.25, 0.3) is 10.0 Å². The second kappa shape index (κ2) is 7.73. The van der Waals surface area contributed by atoms with Gasteiger partial charge in [-0.25, -0.2) is 8.42 Å². The zero-order valence-electron chi connectivity index (χ0n) is 12.6. The Labute approximate surface area is 153 Å². The van der Waals surface area contributed by atoms with E-state index in [1.54, 1.807) is 37.4 Å². The third-order valence-corrected chi connectivity index (χ3v) is 6.66. The van der Waals surface area contributed by atoms with Crippen LogP contribution in [-0.2, 0) is 14.8 Å². The predicted octanol–water partition coefficient (Wildman–Crippen LogP) is 3.29. The molecule has 2 N–H and O–H groups in total. The van der Waals surface area contributed by atoms with Crippen LogP contribution in [0.1, 0.15) is 13.8 Å². The van der Waals surface area contributed by atoms with Crippen LogP contribution in [0.25, 0.3) is 0 Å². The van der Waals surface area contributed by atoms with E-state index in [-0.39, 0.29) is 16.0 Å². The minimum absolute atomic E-state index is 0.186. The molecule has 23 heavy (non-hydrogen) atoms. The molecule has 2 rings (SSSR count). The first-order valence-electron chi connectivity index (χ1n) is 6.92. The van der Waals surface area contributed by atoms with E-state index in [1.807, 2.05) is 12.1 Å². The molecule has 0 spiro atoms. The maximum Gasteiger partial charge on any atom is 0.250 e. The first-order chi connectivity index (χ1) is 10.8. The average molecular weight is 464 g/mol. The lowest BCUT2D eigenvalue weighted by Crippen LogP contribution is -2.46. The summed E-state index contributed by atoms with van der Waals surface area (Å²) in [6, 6.07) is 9.64. The molecule has 0 radical (unpaired) electrons. The van der Waals surface area contributed by atoms with Crippen LogP contribution >= 0.6 is 33.9 Å². The predicted molar refractivity (Wildman–Crippen MR) is 101 cm³/mol. The van der Waals surface area contributed by atoms with Crippen LogP contribution < -0.4 is 10.0 Å². The number of halogens is 1. The van der Waals surface area contributed by atoms with Crippen LogP contribution in [0.5, 0.6) is 0 Å². The number of nitrogens with one attached hydrogen (secondary N) is 2. The van der Waals surface area contributed by atoms with Crippen molar-refractivity contribution in [3.05, 3.63) is 45.3 Å². The monoisotopic (exact) mass is 464 g/mol. The summed E-state index contributed by atoms with van der Waals surface area (Å²) in [4.78, 5) is 12.4. The van der Waals surface area contributed by atoms with Crippen molar-refractivity contribution >= 4 is 55.5 Å².